The Morgan fingerprint density at radius 3 is 2.00 bits per heavy atom. The molecule has 0 amide bonds. The van der Waals surface area contributed by atoms with Crippen molar-refractivity contribution in [3.05, 3.63) is 34.7 Å². The fourth-order valence-electron chi connectivity index (χ4n) is 0.907. The SMILES string of the molecule is Cc1ccc(S(=O)(=O)N(C)N=O)cc1.[K+].[OH-]. The molecule has 0 aliphatic heterocycles. The molecular weight excluding hydrogens is 259 g/mol. The van der Waals surface area contributed by atoms with Gasteiger partial charge in [-0.15, -0.1) is 4.91 Å². The monoisotopic (exact) mass is 270 g/mol. The molecule has 16 heavy (non-hydrogen) atoms. The van der Waals surface area contributed by atoms with Crippen LogP contribution in [0.1, 0.15) is 5.56 Å². The van der Waals surface area contributed by atoms with Crippen LogP contribution in [0.3, 0.4) is 0 Å². The van der Waals surface area contributed by atoms with E-state index in [0.717, 1.165) is 12.6 Å². The zero-order valence-electron chi connectivity index (χ0n) is 9.28. The van der Waals surface area contributed by atoms with Crippen molar-refractivity contribution in [1.82, 2.24) is 4.41 Å². The number of nitrogens with zero attached hydrogens (tertiary/aromatic N) is 2. The molecule has 0 aliphatic rings. The van der Waals surface area contributed by atoms with Gasteiger partial charge in [0.15, 0.2) is 0 Å². The number of benzene rings is 1. The molecule has 0 spiro atoms. The average Bonchev–Trinajstić information content (AvgIpc) is 2.17. The molecule has 0 saturated heterocycles. The Balaban J connectivity index is 0. The van der Waals surface area contributed by atoms with Crippen LogP contribution in [0.25, 0.3) is 0 Å². The first kappa shape index (κ1) is 18.5. The summed E-state index contributed by atoms with van der Waals surface area (Å²) in [6, 6.07) is 6.19. The van der Waals surface area contributed by atoms with Crippen LogP contribution in [-0.4, -0.2) is 25.4 Å². The van der Waals surface area contributed by atoms with Crippen LogP contribution in [0.5, 0.6) is 0 Å². The summed E-state index contributed by atoms with van der Waals surface area (Å²) in [7, 11) is -2.65. The molecule has 0 fully saturated rings. The minimum Gasteiger partial charge on any atom is -0.870 e. The van der Waals surface area contributed by atoms with Gasteiger partial charge in [-0.3, -0.25) is 0 Å². The average molecular weight is 270 g/mol. The third kappa shape index (κ3) is 4.21. The molecule has 0 radical (unpaired) electrons. The minimum absolute atomic E-state index is 0. The molecule has 0 saturated carbocycles. The number of rotatable bonds is 3. The molecule has 6 nitrogen and oxygen atoms in total. The molecule has 1 aromatic carbocycles. The molecule has 1 aromatic rings. The molecular formula is C8H11KN2O4S. The molecule has 84 valence electrons. The molecule has 0 atom stereocenters. The van der Waals surface area contributed by atoms with Crippen LogP contribution in [-0.2, 0) is 10.0 Å². The van der Waals surface area contributed by atoms with Crippen molar-refractivity contribution in [1.29, 1.82) is 0 Å². The van der Waals surface area contributed by atoms with Gasteiger partial charge in [-0.1, -0.05) is 17.7 Å². The van der Waals surface area contributed by atoms with Crippen LogP contribution < -0.4 is 51.4 Å². The maximum absolute atomic E-state index is 11.5. The molecule has 8 heteroatoms. The van der Waals surface area contributed by atoms with Gasteiger partial charge >= 0.3 is 51.4 Å². The fraction of sp³-hybridized carbons (Fsp3) is 0.250. The van der Waals surface area contributed by atoms with Gasteiger partial charge in [-0.25, -0.2) is 0 Å². The first-order valence-corrected chi connectivity index (χ1v) is 5.31. The van der Waals surface area contributed by atoms with Gasteiger partial charge in [0, 0.05) is 7.05 Å². The predicted molar refractivity (Wildman–Crippen MR) is 53.9 cm³/mol. The molecule has 1 rings (SSSR count). The van der Waals surface area contributed by atoms with Gasteiger partial charge < -0.3 is 5.48 Å². The van der Waals surface area contributed by atoms with E-state index in [-0.39, 0.29) is 61.8 Å². The summed E-state index contributed by atoms with van der Waals surface area (Å²) in [5.41, 5.74) is 0.950. The van der Waals surface area contributed by atoms with E-state index in [1.807, 2.05) is 6.92 Å². The van der Waals surface area contributed by atoms with Crippen molar-refractivity contribution in [3.8, 4) is 0 Å². The van der Waals surface area contributed by atoms with Crippen LogP contribution >= 0.6 is 0 Å². The van der Waals surface area contributed by atoms with Gasteiger partial charge in [0.1, 0.15) is 0 Å². The van der Waals surface area contributed by atoms with Crippen LogP contribution in [0, 0.1) is 11.8 Å². The van der Waals surface area contributed by atoms with Gasteiger partial charge in [0.05, 0.1) is 10.2 Å². The molecule has 0 bridgehead atoms. The van der Waals surface area contributed by atoms with Gasteiger partial charge in [-0.2, -0.15) is 12.8 Å². The molecule has 0 unspecified atom stereocenters. The van der Waals surface area contributed by atoms with E-state index in [2.05, 4.69) is 5.29 Å². The van der Waals surface area contributed by atoms with Crippen molar-refractivity contribution >= 4 is 10.0 Å². The number of sulfonamides is 1. The smallest absolute Gasteiger partial charge is 0.870 e. The van der Waals surface area contributed by atoms with E-state index in [0.29, 0.717) is 4.41 Å². The Kier molecular flexibility index (Phi) is 8.67. The zero-order valence-corrected chi connectivity index (χ0v) is 13.2. The van der Waals surface area contributed by atoms with Crippen molar-refractivity contribution < 1.29 is 65.3 Å². The number of nitroso groups, excluding NO2 is 1. The Morgan fingerprint density at radius 1 is 1.19 bits per heavy atom. The molecule has 0 aromatic heterocycles. The predicted octanol–water partition coefficient (Wildman–Crippen LogP) is -1.88. The van der Waals surface area contributed by atoms with E-state index < -0.39 is 10.0 Å². The standard InChI is InChI=1S/C8H10N2O3S.K.H2O/c1-7-3-5-8(6-4-7)14(12,13)10(2)9-11;;/h3-6H,1-2H3;;1H2/q;+1;/p-1. The summed E-state index contributed by atoms with van der Waals surface area (Å²) in [5.74, 6) is 0. The summed E-state index contributed by atoms with van der Waals surface area (Å²) >= 11 is 0. The topological polar surface area (TPSA) is 96.8 Å². The zero-order chi connectivity index (χ0) is 10.8. The Morgan fingerprint density at radius 2 is 1.62 bits per heavy atom. The van der Waals surface area contributed by atoms with Gasteiger partial charge in [0.25, 0.3) is 10.0 Å². The van der Waals surface area contributed by atoms with Crippen LogP contribution in [0.15, 0.2) is 34.4 Å². The Labute approximate surface area is 137 Å². The maximum atomic E-state index is 11.5. The van der Waals surface area contributed by atoms with Crippen LogP contribution in [0.4, 0.5) is 0 Å². The number of hydrogen-bond acceptors (Lipinski definition) is 5. The van der Waals surface area contributed by atoms with Gasteiger partial charge in [0.2, 0.25) is 0 Å². The number of hydrogen-bond donors (Lipinski definition) is 0. The summed E-state index contributed by atoms with van der Waals surface area (Å²) in [4.78, 5) is 10.1. The largest absolute Gasteiger partial charge is 1.00 e. The first-order valence-electron chi connectivity index (χ1n) is 3.87. The second kappa shape index (κ2) is 7.48. The normalized spacial score (nSPS) is 9.62. The Hall–Kier alpha value is 0.166. The summed E-state index contributed by atoms with van der Waals surface area (Å²) in [6.45, 7) is 1.85. The Bertz CT molecular complexity index is 432. The van der Waals surface area contributed by atoms with E-state index in [1.165, 1.54) is 12.1 Å². The van der Waals surface area contributed by atoms with Crippen LogP contribution in [0.2, 0.25) is 0 Å². The third-order valence-electron chi connectivity index (χ3n) is 1.78. The van der Waals surface area contributed by atoms with E-state index >= 15 is 0 Å². The second-order valence-corrected chi connectivity index (χ2v) is 4.78. The molecule has 0 aliphatic carbocycles. The van der Waals surface area contributed by atoms with E-state index in [1.54, 1.807) is 12.1 Å². The molecule has 1 N–H and O–H groups in total. The third-order valence-corrected chi connectivity index (χ3v) is 3.41. The summed E-state index contributed by atoms with van der Waals surface area (Å²) in [5, 5.41) is 2.35. The van der Waals surface area contributed by atoms with Crippen molar-refractivity contribution in [2.45, 2.75) is 11.8 Å². The first-order chi connectivity index (χ1) is 6.48. The van der Waals surface area contributed by atoms with E-state index in [9.17, 15) is 13.3 Å². The van der Waals surface area contributed by atoms with Crippen molar-refractivity contribution in [2.75, 3.05) is 7.05 Å². The quantitative estimate of drug-likeness (QED) is 0.365. The second-order valence-electron chi connectivity index (χ2n) is 2.83. The summed E-state index contributed by atoms with van der Waals surface area (Å²) < 4.78 is 23.4. The van der Waals surface area contributed by atoms with Crippen molar-refractivity contribution in [2.24, 2.45) is 5.29 Å². The van der Waals surface area contributed by atoms with E-state index in [4.69, 9.17) is 0 Å². The van der Waals surface area contributed by atoms with Gasteiger partial charge in [-0.05, 0) is 19.1 Å². The fourth-order valence-corrected chi connectivity index (χ4v) is 1.78. The maximum Gasteiger partial charge on any atom is 1.00 e. The minimum atomic E-state index is -3.75. The van der Waals surface area contributed by atoms with Crippen molar-refractivity contribution in [3.63, 3.8) is 0 Å². The molecule has 0 heterocycles. The number of aryl methyl sites for hydroxylation is 1. The summed E-state index contributed by atoms with van der Waals surface area (Å²) in [6.07, 6.45) is 0.